The van der Waals surface area contributed by atoms with E-state index in [0.29, 0.717) is 5.41 Å². The quantitative estimate of drug-likeness (QED) is 0.143. The Morgan fingerprint density at radius 3 is 1.35 bits per heavy atom. The van der Waals surface area contributed by atoms with E-state index in [0.717, 1.165) is 58.4 Å². The van der Waals surface area contributed by atoms with E-state index < -0.39 is 0 Å². The van der Waals surface area contributed by atoms with Gasteiger partial charge in [0.25, 0.3) is 0 Å². The van der Waals surface area contributed by atoms with Crippen LogP contribution in [0, 0.1) is 5.41 Å². The summed E-state index contributed by atoms with van der Waals surface area (Å²) in [6.45, 7) is 54.5. The number of benzene rings is 1. The Balaban J connectivity index is 0.000000197. The van der Waals surface area contributed by atoms with Crippen LogP contribution in [-0.4, -0.2) is 73.3 Å². The smallest absolute Gasteiger partial charge is 0.137 e. The third-order valence-corrected chi connectivity index (χ3v) is 15.7. The summed E-state index contributed by atoms with van der Waals surface area (Å²) < 4.78 is 5.22. The number of aromatic nitrogens is 12. The monoisotopic (exact) mass is 1280 g/mol. The average Bonchev–Trinajstić information content (AvgIpc) is 1.62. The highest BCUT2D eigenvalue weighted by Gasteiger charge is 2.22. The van der Waals surface area contributed by atoms with Gasteiger partial charge in [-0.3, -0.25) is 29.9 Å². The molecule has 0 saturated carbocycles. The van der Waals surface area contributed by atoms with Gasteiger partial charge in [0.15, 0.2) is 0 Å². The molecular formula is C82H110N12O. The van der Waals surface area contributed by atoms with Gasteiger partial charge in [-0.25, -0.2) is 15.0 Å². The Labute approximate surface area is 569 Å². The van der Waals surface area contributed by atoms with E-state index in [9.17, 15) is 0 Å². The Bertz CT molecular complexity index is 3740. The molecule has 13 heteroatoms. The predicted molar refractivity (Wildman–Crippen MR) is 399 cm³/mol. The van der Waals surface area contributed by atoms with Crippen LogP contribution in [-0.2, 0) is 42.6 Å². The number of fused-ring (bicyclic) bond motifs is 4. The zero-order chi connectivity index (χ0) is 70.5. The van der Waals surface area contributed by atoms with Gasteiger partial charge in [0, 0.05) is 102 Å². The van der Waals surface area contributed by atoms with E-state index in [1.807, 2.05) is 92.2 Å². The third-order valence-electron chi connectivity index (χ3n) is 15.7. The lowest BCUT2D eigenvalue weighted by molar-refractivity contribution is 0.147. The largest absolute Gasteiger partial charge is 0.377 e. The number of aromatic amines is 1. The number of rotatable bonds is 0. The third kappa shape index (κ3) is 24.9. The maximum Gasteiger partial charge on any atom is 0.137 e. The van der Waals surface area contributed by atoms with Crippen LogP contribution < -0.4 is 0 Å². The maximum atomic E-state index is 5.22. The van der Waals surface area contributed by atoms with Gasteiger partial charge in [-0.05, 0) is 157 Å². The number of ether oxygens (including phenoxy) is 1. The first-order valence-electron chi connectivity index (χ1n) is 33.2. The van der Waals surface area contributed by atoms with Crippen LogP contribution in [0.15, 0.2) is 196 Å². The molecule has 11 heterocycles. The Kier molecular flexibility index (Phi) is 27.4. The van der Waals surface area contributed by atoms with Gasteiger partial charge in [0.05, 0.1) is 41.5 Å². The van der Waals surface area contributed by atoms with E-state index in [-0.39, 0.29) is 37.9 Å². The number of pyridine rings is 7. The number of nitrogens with one attached hydrogen (secondary N) is 1. The zero-order valence-electron chi connectivity index (χ0n) is 61.8. The molecule has 0 fully saturated rings. The van der Waals surface area contributed by atoms with Crippen LogP contribution in [0.3, 0.4) is 0 Å². The Morgan fingerprint density at radius 2 is 0.863 bits per heavy atom. The van der Waals surface area contributed by atoms with Crippen molar-refractivity contribution in [2.75, 3.05) is 13.2 Å². The molecule has 1 aliphatic rings. The van der Waals surface area contributed by atoms with Crippen molar-refractivity contribution in [3.63, 3.8) is 0 Å². The molecule has 13 nitrogen and oxygen atoms in total. The molecule has 1 N–H and O–H groups in total. The first-order chi connectivity index (χ1) is 44.3. The minimum absolute atomic E-state index is 0.121. The second-order valence-electron chi connectivity index (χ2n) is 32.0. The molecule has 1 aliphatic heterocycles. The van der Waals surface area contributed by atoms with Crippen molar-refractivity contribution in [1.82, 2.24) is 60.0 Å². The van der Waals surface area contributed by atoms with Crippen LogP contribution in [0.25, 0.3) is 43.9 Å². The molecule has 504 valence electrons. The van der Waals surface area contributed by atoms with Gasteiger partial charge >= 0.3 is 0 Å². The second kappa shape index (κ2) is 33.7. The molecule has 0 amide bonds. The van der Waals surface area contributed by atoms with Crippen molar-refractivity contribution in [3.8, 4) is 0 Å². The van der Waals surface area contributed by atoms with Gasteiger partial charge in [-0.2, -0.15) is 10.2 Å². The first-order valence-corrected chi connectivity index (χ1v) is 33.2. The van der Waals surface area contributed by atoms with Crippen molar-refractivity contribution < 1.29 is 4.74 Å². The Hall–Kier alpha value is -8.55. The highest BCUT2D eigenvalue weighted by molar-refractivity contribution is 5.84. The minimum atomic E-state index is 0.121. The summed E-state index contributed by atoms with van der Waals surface area (Å²) in [5.74, 6) is 0. The standard InChI is InChI=1S/C13H15N.2C12H14N2.C11H14N2.C9H13N.C9H16O.2C8H12N2/c1-13(2,3)11-8-9-14-12-7-5-4-6-10(11)12;1-12(2,3)10-4-7-14-11-5-6-13-8-9(10)11;1-12(2,3)9-6-8-13-10-5-4-7-14-11(9)10;1-11(2,3)9-5-7-13-10-8(9)4-6-12-10;2*1-9(2,3)8-4-6-10-7-5-8;1-8(2,3)7-4-5-9-6-10-7;1-8(2,3)7-4-5-9-10-6-7/h4-9H,1-3H3;2*4-8H,1-3H3;4-7H,1-3H3,(H,12,13);4-7H,1-3H3;4H,5-7H2,1-3H3;2*4-6H,1-3H3. The highest BCUT2D eigenvalue weighted by atomic mass is 16.5. The summed E-state index contributed by atoms with van der Waals surface area (Å²) >= 11 is 0. The van der Waals surface area contributed by atoms with E-state index in [2.05, 4.69) is 293 Å². The average molecular weight is 1280 g/mol. The number of H-pyrrole nitrogens is 1. The summed E-state index contributed by atoms with van der Waals surface area (Å²) in [6, 6.07) is 32.6. The lowest BCUT2D eigenvalue weighted by atomic mass is 9.84. The van der Waals surface area contributed by atoms with E-state index in [4.69, 9.17) is 4.74 Å². The number of para-hydroxylation sites is 1. The fourth-order valence-corrected chi connectivity index (χ4v) is 10.1. The van der Waals surface area contributed by atoms with Crippen molar-refractivity contribution >= 4 is 43.9 Å². The van der Waals surface area contributed by atoms with Crippen LogP contribution in [0.4, 0.5) is 0 Å². The fraction of sp³-hybridized carbons (Fsp3) is 0.427. The number of hydrogen-bond acceptors (Lipinski definition) is 12. The molecule has 95 heavy (non-hydrogen) atoms. The first kappa shape index (κ1) is 77.2. The summed E-state index contributed by atoms with van der Waals surface area (Å²) in [4.78, 5) is 40.8. The van der Waals surface area contributed by atoms with Gasteiger partial charge in [0.2, 0.25) is 0 Å². The van der Waals surface area contributed by atoms with Crippen LogP contribution >= 0.6 is 0 Å². The lowest BCUT2D eigenvalue weighted by Gasteiger charge is -2.25. The van der Waals surface area contributed by atoms with E-state index in [1.165, 1.54) is 44.2 Å². The predicted octanol–water partition coefficient (Wildman–Crippen LogP) is 20.6. The minimum Gasteiger partial charge on any atom is -0.377 e. The van der Waals surface area contributed by atoms with Crippen LogP contribution in [0.5, 0.6) is 0 Å². The summed E-state index contributed by atoms with van der Waals surface area (Å²) in [7, 11) is 0. The van der Waals surface area contributed by atoms with Crippen molar-refractivity contribution in [2.45, 2.75) is 210 Å². The van der Waals surface area contributed by atoms with E-state index in [1.54, 1.807) is 36.7 Å². The molecule has 0 unspecified atom stereocenters. The fourth-order valence-electron chi connectivity index (χ4n) is 10.1. The summed E-state index contributed by atoms with van der Waals surface area (Å²) in [5.41, 5.74) is 17.1. The molecule has 10 aromatic heterocycles. The van der Waals surface area contributed by atoms with Gasteiger partial charge in [0.1, 0.15) is 12.0 Å². The molecule has 1 aromatic carbocycles. The molecule has 0 atom stereocenters. The number of nitrogens with zero attached hydrogens (tertiary/aromatic N) is 11. The molecule has 0 aliphatic carbocycles. The van der Waals surface area contributed by atoms with Gasteiger partial charge in [-0.1, -0.05) is 196 Å². The van der Waals surface area contributed by atoms with E-state index >= 15 is 0 Å². The SMILES string of the molecule is CC(C)(C)C1=CCOCC1.CC(C)(C)c1ccnc2[nH]ccc12.CC(C)(C)c1ccnc2ccccc12.CC(C)(C)c1ccnc2cccnc12.CC(C)(C)c1ccnc2ccncc12.CC(C)(C)c1ccncc1.CC(C)(C)c1ccncn1.CC(C)(C)c1ccnnc1. The van der Waals surface area contributed by atoms with Crippen molar-refractivity contribution in [2.24, 2.45) is 5.41 Å². The lowest BCUT2D eigenvalue weighted by Crippen LogP contribution is -2.16. The topological polar surface area (TPSA) is 167 Å². The molecule has 12 rings (SSSR count). The van der Waals surface area contributed by atoms with Crippen LogP contribution in [0.1, 0.15) is 212 Å². The summed E-state index contributed by atoms with van der Waals surface area (Å²) in [6.07, 6.45) is 28.8. The summed E-state index contributed by atoms with van der Waals surface area (Å²) in [5, 5.41) is 11.2. The second-order valence-corrected chi connectivity index (χ2v) is 32.0. The Morgan fingerprint density at radius 1 is 0.347 bits per heavy atom. The van der Waals surface area contributed by atoms with Gasteiger partial charge < -0.3 is 9.72 Å². The molecule has 0 radical (unpaired) electrons. The zero-order valence-corrected chi connectivity index (χ0v) is 61.8. The molecule has 0 spiro atoms. The maximum absolute atomic E-state index is 5.22. The molecule has 0 saturated heterocycles. The van der Waals surface area contributed by atoms with Crippen molar-refractivity contribution in [3.05, 3.63) is 235 Å². The normalized spacial score (nSPS) is 12.7. The molecule has 11 aromatic rings. The van der Waals surface area contributed by atoms with Gasteiger partial charge in [-0.15, -0.1) is 0 Å². The molecular weight excluding hydrogens is 1170 g/mol. The number of hydrogen-bond donors (Lipinski definition) is 1. The molecule has 0 bridgehead atoms. The highest BCUT2D eigenvalue weighted by Crippen LogP contribution is 2.33. The van der Waals surface area contributed by atoms with Crippen molar-refractivity contribution in [1.29, 1.82) is 0 Å². The van der Waals surface area contributed by atoms with Crippen LogP contribution in [0.2, 0.25) is 0 Å².